The normalized spacial score (nSPS) is 10.1. The molecule has 0 spiro atoms. The Kier molecular flexibility index (Phi) is 7.49. The fourth-order valence-electron chi connectivity index (χ4n) is 2.23. The lowest BCUT2D eigenvalue weighted by atomic mass is 10.2. The van der Waals surface area contributed by atoms with E-state index in [1.54, 1.807) is 36.4 Å². The van der Waals surface area contributed by atoms with Crippen molar-refractivity contribution in [3.05, 3.63) is 48.0 Å². The molecule has 1 N–H and O–H groups in total. The van der Waals surface area contributed by atoms with Crippen molar-refractivity contribution >= 4 is 17.9 Å². The van der Waals surface area contributed by atoms with Gasteiger partial charge in [0.15, 0.2) is 12.9 Å². The molecule has 138 valence electrons. The van der Waals surface area contributed by atoms with Crippen LogP contribution in [0.4, 0.5) is 5.69 Å². The number of aldehydes is 1. The van der Waals surface area contributed by atoms with Crippen LogP contribution >= 0.6 is 0 Å². The summed E-state index contributed by atoms with van der Waals surface area (Å²) in [5.41, 5.74) is 0.926. The molecule has 0 atom stereocenters. The van der Waals surface area contributed by atoms with Gasteiger partial charge < -0.3 is 19.5 Å². The predicted molar refractivity (Wildman–Crippen MR) is 99.4 cm³/mol. The number of rotatable bonds is 10. The second-order valence-electron chi connectivity index (χ2n) is 5.43. The molecule has 0 unspecified atom stereocenters. The largest absolute Gasteiger partial charge is 0.493 e. The van der Waals surface area contributed by atoms with Crippen LogP contribution in [-0.2, 0) is 4.79 Å². The number of para-hydroxylation sites is 2. The summed E-state index contributed by atoms with van der Waals surface area (Å²) in [6, 6.07) is 12.1. The first-order valence-electron chi connectivity index (χ1n) is 8.54. The number of benzene rings is 2. The first-order chi connectivity index (χ1) is 12.7. The van der Waals surface area contributed by atoms with Gasteiger partial charge in [-0.15, -0.1) is 0 Å². The van der Waals surface area contributed by atoms with Crippen LogP contribution in [-0.4, -0.2) is 32.0 Å². The molecule has 6 nitrogen and oxygen atoms in total. The smallest absolute Gasteiger partial charge is 0.262 e. The highest BCUT2D eigenvalue weighted by Crippen LogP contribution is 2.25. The van der Waals surface area contributed by atoms with E-state index < -0.39 is 0 Å². The van der Waals surface area contributed by atoms with Gasteiger partial charge in [-0.2, -0.15) is 0 Å². The van der Waals surface area contributed by atoms with Crippen molar-refractivity contribution in [2.75, 3.05) is 25.1 Å². The summed E-state index contributed by atoms with van der Waals surface area (Å²) in [6.07, 6.45) is 1.55. The lowest BCUT2D eigenvalue weighted by Gasteiger charge is -2.13. The van der Waals surface area contributed by atoms with Gasteiger partial charge in [-0.1, -0.05) is 19.1 Å². The van der Waals surface area contributed by atoms with Gasteiger partial charge in [-0.3, -0.25) is 9.59 Å². The van der Waals surface area contributed by atoms with E-state index in [2.05, 4.69) is 5.32 Å². The fraction of sp³-hybridized carbons (Fsp3) is 0.300. The number of carbonyl (C=O) groups is 2. The Morgan fingerprint density at radius 3 is 2.58 bits per heavy atom. The van der Waals surface area contributed by atoms with Gasteiger partial charge in [-0.25, -0.2) is 0 Å². The lowest BCUT2D eigenvalue weighted by Crippen LogP contribution is -2.21. The molecule has 0 fully saturated rings. The van der Waals surface area contributed by atoms with Gasteiger partial charge in [-0.05, 0) is 37.6 Å². The summed E-state index contributed by atoms with van der Waals surface area (Å²) in [5, 5.41) is 2.74. The fourth-order valence-corrected chi connectivity index (χ4v) is 2.23. The zero-order chi connectivity index (χ0) is 18.8. The quantitative estimate of drug-likeness (QED) is 0.656. The number of ether oxygens (including phenoxy) is 3. The second-order valence-corrected chi connectivity index (χ2v) is 5.43. The van der Waals surface area contributed by atoms with Crippen molar-refractivity contribution in [2.24, 2.45) is 0 Å². The van der Waals surface area contributed by atoms with Gasteiger partial charge in [0.2, 0.25) is 0 Å². The second kappa shape index (κ2) is 10.1. The number of anilines is 1. The Morgan fingerprint density at radius 1 is 1.04 bits per heavy atom. The molecule has 0 aliphatic rings. The van der Waals surface area contributed by atoms with Crippen molar-refractivity contribution in [3.8, 4) is 17.2 Å². The van der Waals surface area contributed by atoms with E-state index in [-0.39, 0.29) is 12.5 Å². The average Bonchev–Trinajstić information content (AvgIpc) is 2.66. The Bertz CT molecular complexity index is 745. The third kappa shape index (κ3) is 5.51. The van der Waals surface area contributed by atoms with E-state index in [1.165, 1.54) is 0 Å². The van der Waals surface area contributed by atoms with Crippen LogP contribution in [0.2, 0.25) is 0 Å². The Morgan fingerprint density at radius 2 is 1.85 bits per heavy atom. The van der Waals surface area contributed by atoms with E-state index in [1.807, 2.05) is 19.9 Å². The van der Waals surface area contributed by atoms with E-state index in [0.717, 1.165) is 6.42 Å². The van der Waals surface area contributed by atoms with E-state index in [4.69, 9.17) is 14.2 Å². The molecule has 0 aliphatic heterocycles. The molecule has 0 aromatic heterocycles. The minimum absolute atomic E-state index is 0.238. The molecule has 6 heteroatoms. The maximum Gasteiger partial charge on any atom is 0.262 e. The number of carbonyl (C=O) groups excluding carboxylic acids is 2. The zero-order valence-electron chi connectivity index (χ0n) is 15.0. The Balaban J connectivity index is 2.01. The Hall–Kier alpha value is -3.02. The first kappa shape index (κ1) is 19.3. The van der Waals surface area contributed by atoms with E-state index in [0.29, 0.717) is 48.0 Å². The molecule has 2 rings (SSSR count). The summed E-state index contributed by atoms with van der Waals surface area (Å²) in [5.74, 6) is 1.14. The lowest BCUT2D eigenvalue weighted by molar-refractivity contribution is -0.118. The van der Waals surface area contributed by atoms with Crippen LogP contribution < -0.4 is 19.5 Å². The van der Waals surface area contributed by atoms with Crippen molar-refractivity contribution in [1.82, 2.24) is 0 Å². The van der Waals surface area contributed by atoms with Crippen molar-refractivity contribution in [3.63, 3.8) is 0 Å². The molecule has 26 heavy (non-hydrogen) atoms. The standard InChI is InChI=1S/C20H23NO5/c1-3-11-25-16-10-9-15(13-22)19(12-16)26-14-20(23)21-17-7-5-6-8-18(17)24-4-2/h5-10,12-13H,3-4,11,14H2,1-2H3,(H,21,23). The van der Waals surface area contributed by atoms with Gasteiger partial charge in [0.05, 0.1) is 24.5 Å². The zero-order valence-corrected chi connectivity index (χ0v) is 15.0. The minimum atomic E-state index is -0.353. The number of hydrogen-bond acceptors (Lipinski definition) is 5. The molecule has 2 aromatic rings. The van der Waals surface area contributed by atoms with Crippen molar-refractivity contribution < 1.29 is 23.8 Å². The topological polar surface area (TPSA) is 73.9 Å². The van der Waals surface area contributed by atoms with Crippen LogP contribution in [0.3, 0.4) is 0 Å². The van der Waals surface area contributed by atoms with Crippen LogP contribution in [0.25, 0.3) is 0 Å². The van der Waals surface area contributed by atoms with E-state index in [9.17, 15) is 9.59 Å². The molecule has 0 saturated carbocycles. The Labute approximate surface area is 153 Å². The monoisotopic (exact) mass is 357 g/mol. The number of nitrogens with one attached hydrogen (secondary N) is 1. The highest BCUT2D eigenvalue weighted by atomic mass is 16.5. The van der Waals surface area contributed by atoms with Crippen LogP contribution in [0.15, 0.2) is 42.5 Å². The summed E-state index contributed by atoms with van der Waals surface area (Å²) in [4.78, 5) is 23.4. The maximum absolute atomic E-state index is 12.2. The maximum atomic E-state index is 12.2. The van der Waals surface area contributed by atoms with Gasteiger partial charge in [0.25, 0.3) is 5.91 Å². The highest BCUT2D eigenvalue weighted by Gasteiger charge is 2.11. The number of hydrogen-bond donors (Lipinski definition) is 1. The summed E-state index contributed by atoms with van der Waals surface area (Å²) in [6.45, 7) is 4.70. The van der Waals surface area contributed by atoms with Crippen molar-refractivity contribution in [2.45, 2.75) is 20.3 Å². The molecule has 0 bridgehead atoms. The highest BCUT2D eigenvalue weighted by molar-refractivity contribution is 5.93. The van der Waals surface area contributed by atoms with E-state index >= 15 is 0 Å². The SMILES string of the molecule is CCCOc1ccc(C=O)c(OCC(=O)Nc2ccccc2OCC)c1. The molecule has 2 aromatic carbocycles. The third-order valence-corrected chi connectivity index (χ3v) is 3.40. The average molecular weight is 357 g/mol. The first-order valence-corrected chi connectivity index (χ1v) is 8.54. The molecular formula is C20H23NO5. The molecular weight excluding hydrogens is 334 g/mol. The van der Waals surface area contributed by atoms with Crippen LogP contribution in [0.5, 0.6) is 17.2 Å². The van der Waals surface area contributed by atoms with Crippen molar-refractivity contribution in [1.29, 1.82) is 0 Å². The molecule has 0 saturated heterocycles. The third-order valence-electron chi connectivity index (χ3n) is 3.40. The van der Waals surface area contributed by atoms with Gasteiger partial charge in [0, 0.05) is 6.07 Å². The summed E-state index contributed by atoms with van der Waals surface area (Å²) < 4.78 is 16.5. The predicted octanol–water partition coefficient (Wildman–Crippen LogP) is 3.70. The molecule has 0 heterocycles. The van der Waals surface area contributed by atoms with Crippen LogP contribution in [0, 0.1) is 0 Å². The summed E-state index contributed by atoms with van der Waals surface area (Å²) in [7, 11) is 0. The number of amides is 1. The van der Waals surface area contributed by atoms with Gasteiger partial charge in [0.1, 0.15) is 17.2 Å². The van der Waals surface area contributed by atoms with Gasteiger partial charge >= 0.3 is 0 Å². The molecule has 0 aliphatic carbocycles. The minimum Gasteiger partial charge on any atom is -0.493 e. The molecule has 1 amide bonds. The molecule has 0 radical (unpaired) electrons. The summed E-state index contributed by atoms with van der Waals surface area (Å²) >= 11 is 0. The van der Waals surface area contributed by atoms with Crippen LogP contribution in [0.1, 0.15) is 30.6 Å².